The van der Waals surface area contributed by atoms with Gasteiger partial charge >= 0.3 is 0 Å². The second kappa shape index (κ2) is 10.4. The fourth-order valence-corrected chi connectivity index (χ4v) is 5.56. The number of rotatable bonds is 6. The lowest BCUT2D eigenvalue weighted by molar-refractivity contribution is -0.122. The van der Waals surface area contributed by atoms with Gasteiger partial charge in [0.2, 0.25) is 0 Å². The number of thioether (sulfide) groups is 1. The first kappa shape index (κ1) is 25.0. The Morgan fingerprint density at radius 1 is 0.944 bits per heavy atom. The van der Waals surface area contributed by atoms with Crippen LogP contribution in [0.25, 0.3) is 17.0 Å². The third-order valence-electron chi connectivity index (χ3n) is 5.77. The predicted molar refractivity (Wildman–Crippen MR) is 151 cm³/mol. The van der Waals surface area contributed by atoms with Crippen LogP contribution < -0.4 is 0 Å². The summed E-state index contributed by atoms with van der Waals surface area (Å²) < 4.78 is 4.04. The lowest BCUT2D eigenvalue weighted by Crippen LogP contribution is -2.33. The van der Waals surface area contributed by atoms with Crippen LogP contribution in [-0.4, -0.2) is 32.9 Å². The highest BCUT2D eigenvalue weighted by molar-refractivity contribution is 9.10. The van der Waals surface area contributed by atoms with Crippen molar-refractivity contribution in [2.75, 3.05) is 6.54 Å². The molecule has 9 heteroatoms. The number of Topliss-reactive ketones (excluding diaryl/α,β-unsaturated/α-hetero) is 1. The van der Waals surface area contributed by atoms with Crippen molar-refractivity contribution in [3.63, 3.8) is 0 Å². The maximum atomic E-state index is 13.1. The van der Waals surface area contributed by atoms with Crippen LogP contribution in [-0.2, 0) is 11.3 Å². The highest BCUT2D eigenvalue weighted by Crippen LogP contribution is 2.35. The molecule has 1 aliphatic heterocycles. The number of fused-ring (bicyclic) bond motifs is 1. The molecule has 1 saturated heterocycles. The molecule has 180 valence electrons. The Hall–Kier alpha value is -2.65. The summed E-state index contributed by atoms with van der Waals surface area (Å²) in [5.41, 5.74) is 3.34. The summed E-state index contributed by atoms with van der Waals surface area (Å²) in [7, 11) is 0. The van der Waals surface area contributed by atoms with E-state index in [0.29, 0.717) is 17.1 Å². The standard InChI is InChI=1S/C27H17Br2ClN2O3S/c28-19-5-1-16(2-6-19)13-31-14-18(22-12-20(29)7-10-23(22)31)11-25-26(34)32(27(35)36-25)15-24(33)17-3-8-21(30)9-4-17/h1-12,14H,13,15H2/b25-11-. The van der Waals surface area contributed by atoms with Gasteiger partial charge < -0.3 is 4.57 Å². The summed E-state index contributed by atoms with van der Waals surface area (Å²) in [5.74, 6) is -0.804. The molecule has 1 aliphatic rings. The lowest BCUT2D eigenvalue weighted by atomic mass is 10.1. The van der Waals surface area contributed by atoms with Gasteiger partial charge in [0.05, 0.1) is 11.4 Å². The highest BCUT2D eigenvalue weighted by Gasteiger charge is 2.36. The van der Waals surface area contributed by atoms with Crippen LogP contribution in [0.5, 0.6) is 0 Å². The van der Waals surface area contributed by atoms with Crippen molar-refractivity contribution in [1.29, 1.82) is 0 Å². The molecule has 2 heterocycles. The van der Waals surface area contributed by atoms with Crippen molar-refractivity contribution in [3.8, 4) is 0 Å². The van der Waals surface area contributed by atoms with E-state index in [2.05, 4.69) is 48.6 Å². The van der Waals surface area contributed by atoms with Crippen LogP contribution in [0.3, 0.4) is 0 Å². The topological polar surface area (TPSA) is 59.4 Å². The Morgan fingerprint density at radius 3 is 2.36 bits per heavy atom. The molecule has 0 unspecified atom stereocenters. The van der Waals surface area contributed by atoms with Gasteiger partial charge in [0, 0.05) is 48.7 Å². The lowest BCUT2D eigenvalue weighted by Gasteiger charge is -2.11. The van der Waals surface area contributed by atoms with Crippen LogP contribution in [0.1, 0.15) is 21.5 Å². The van der Waals surface area contributed by atoms with Crippen molar-refractivity contribution in [3.05, 3.63) is 108 Å². The molecule has 1 fully saturated rings. The van der Waals surface area contributed by atoms with Crippen molar-refractivity contribution in [2.24, 2.45) is 0 Å². The molecule has 1 aromatic heterocycles. The molecule has 5 rings (SSSR count). The number of carbonyl (C=O) groups excluding carboxylic acids is 3. The largest absolute Gasteiger partial charge is 0.342 e. The van der Waals surface area contributed by atoms with Crippen LogP contribution in [0.15, 0.2) is 86.8 Å². The number of carbonyl (C=O) groups is 3. The third-order valence-corrected chi connectivity index (χ3v) is 7.95. The molecule has 3 aromatic carbocycles. The van der Waals surface area contributed by atoms with Gasteiger partial charge in [-0.3, -0.25) is 19.3 Å². The zero-order valence-electron chi connectivity index (χ0n) is 18.6. The SMILES string of the molecule is O=C(CN1C(=O)S/C(=C\c2cn(Cc3ccc(Br)cc3)c3ccc(Br)cc23)C1=O)c1ccc(Cl)cc1. The van der Waals surface area contributed by atoms with Crippen molar-refractivity contribution >= 4 is 89.1 Å². The van der Waals surface area contributed by atoms with Crippen molar-refractivity contribution in [1.82, 2.24) is 9.47 Å². The molecule has 0 atom stereocenters. The average Bonchev–Trinajstić information content (AvgIpc) is 3.32. The number of hydrogen-bond donors (Lipinski definition) is 0. The van der Waals surface area contributed by atoms with E-state index in [4.69, 9.17) is 11.6 Å². The van der Waals surface area contributed by atoms with Gasteiger partial charge in [-0.05, 0) is 78.0 Å². The first-order valence-electron chi connectivity index (χ1n) is 10.9. The van der Waals surface area contributed by atoms with E-state index >= 15 is 0 Å². The van der Waals surface area contributed by atoms with E-state index in [9.17, 15) is 14.4 Å². The summed E-state index contributed by atoms with van der Waals surface area (Å²) in [6.45, 7) is 0.330. The first-order valence-corrected chi connectivity index (χ1v) is 13.6. The van der Waals surface area contributed by atoms with Crippen LogP contribution in [0, 0.1) is 0 Å². The number of imide groups is 1. The summed E-state index contributed by atoms with van der Waals surface area (Å²) in [6, 6.07) is 20.5. The minimum atomic E-state index is -0.476. The van der Waals surface area contributed by atoms with E-state index < -0.39 is 11.1 Å². The van der Waals surface area contributed by atoms with Crippen molar-refractivity contribution < 1.29 is 14.4 Å². The fraction of sp³-hybridized carbons (Fsp3) is 0.0741. The molecule has 0 saturated carbocycles. The quantitative estimate of drug-likeness (QED) is 0.159. The van der Waals surface area contributed by atoms with E-state index in [1.165, 1.54) is 0 Å². The minimum Gasteiger partial charge on any atom is -0.342 e. The normalized spacial score (nSPS) is 14.9. The number of hydrogen-bond acceptors (Lipinski definition) is 4. The number of amides is 2. The molecule has 0 spiro atoms. The third kappa shape index (κ3) is 5.22. The molecular weight excluding hydrogens is 628 g/mol. The molecule has 4 aromatic rings. The van der Waals surface area contributed by atoms with Gasteiger partial charge in [0.15, 0.2) is 5.78 Å². The minimum absolute atomic E-state index is 0.284. The molecule has 0 N–H and O–H groups in total. The molecule has 0 bridgehead atoms. The van der Waals surface area contributed by atoms with E-state index in [-0.39, 0.29) is 17.2 Å². The number of nitrogens with zero attached hydrogens (tertiary/aromatic N) is 2. The summed E-state index contributed by atoms with van der Waals surface area (Å²) in [5, 5.41) is 0.991. The van der Waals surface area contributed by atoms with Gasteiger partial charge in [0.1, 0.15) is 0 Å². The van der Waals surface area contributed by atoms with Gasteiger partial charge in [-0.1, -0.05) is 55.6 Å². The Balaban J connectivity index is 1.44. The molecule has 36 heavy (non-hydrogen) atoms. The van der Waals surface area contributed by atoms with Crippen LogP contribution in [0.4, 0.5) is 4.79 Å². The summed E-state index contributed by atoms with van der Waals surface area (Å²) in [6.07, 6.45) is 3.70. The molecule has 2 amide bonds. The van der Waals surface area contributed by atoms with Gasteiger partial charge in [-0.25, -0.2) is 0 Å². The zero-order chi connectivity index (χ0) is 25.4. The van der Waals surface area contributed by atoms with Gasteiger partial charge in [0.25, 0.3) is 11.1 Å². The maximum absolute atomic E-state index is 13.1. The maximum Gasteiger partial charge on any atom is 0.293 e. The van der Waals surface area contributed by atoms with E-state index in [1.807, 2.05) is 36.5 Å². The zero-order valence-corrected chi connectivity index (χ0v) is 23.3. The number of ketones is 1. The number of aromatic nitrogens is 1. The fourth-order valence-electron chi connectivity index (χ4n) is 3.98. The molecule has 5 nitrogen and oxygen atoms in total. The Kier molecular flexibility index (Phi) is 7.21. The molecule has 0 aliphatic carbocycles. The predicted octanol–water partition coefficient (Wildman–Crippen LogP) is 7.79. The highest BCUT2D eigenvalue weighted by atomic mass is 79.9. The monoisotopic (exact) mass is 642 g/mol. The van der Waals surface area contributed by atoms with E-state index in [0.717, 1.165) is 47.6 Å². The van der Waals surface area contributed by atoms with E-state index in [1.54, 1.807) is 30.3 Å². The number of halogens is 3. The smallest absolute Gasteiger partial charge is 0.293 e. The Bertz CT molecular complexity index is 1550. The Morgan fingerprint density at radius 2 is 1.64 bits per heavy atom. The van der Waals surface area contributed by atoms with Crippen molar-refractivity contribution in [2.45, 2.75) is 6.54 Å². The Labute approximate surface area is 233 Å². The summed E-state index contributed by atoms with van der Waals surface area (Å²) >= 11 is 13.7. The first-order chi connectivity index (χ1) is 17.3. The second-order valence-electron chi connectivity index (χ2n) is 8.20. The van der Waals surface area contributed by atoms with Gasteiger partial charge in [-0.2, -0.15) is 0 Å². The van der Waals surface area contributed by atoms with Crippen LogP contribution in [0.2, 0.25) is 5.02 Å². The molecule has 0 radical (unpaired) electrons. The van der Waals surface area contributed by atoms with Crippen LogP contribution >= 0.6 is 55.2 Å². The second-order valence-corrected chi connectivity index (χ2v) is 11.5. The summed E-state index contributed by atoms with van der Waals surface area (Å²) in [4.78, 5) is 39.7. The molecular formula is C27H17Br2ClN2O3S. The number of benzene rings is 3. The average molecular weight is 645 g/mol. The van der Waals surface area contributed by atoms with Gasteiger partial charge in [-0.15, -0.1) is 0 Å².